The van der Waals surface area contributed by atoms with Gasteiger partial charge in [-0.3, -0.25) is 14.4 Å². The number of aromatic nitrogens is 2. The quantitative estimate of drug-likeness (QED) is 0.712. The second-order valence-corrected chi connectivity index (χ2v) is 6.45. The number of carboxylic acids is 1. The van der Waals surface area contributed by atoms with Crippen LogP contribution in [0.4, 0.5) is 5.82 Å². The zero-order valence-corrected chi connectivity index (χ0v) is 13.3. The minimum absolute atomic E-state index is 0.0124. The van der Waals surface area contributed by atoms with Crippen LogP contribution < -0.4 is 15.8 Å². The van der Waals surface area contributed by atoms with E-state index in [9.17, 15) is 19.5 Å². The molecule has 3 N–H and O–H groups in total. The number of nitrogens with one attached hydrogen (secondary N) is 2. The molecule has 124 valence electrons. The van der Waals surface area contributed by atoms with Crippen LogP contribution >= 0.6 is 11.6 Å². The van der Waals surface area contributed by atoms with E-state index in [2.05, 4.69) is 15.3 Å². The van der Waals surface area contributed by atoms with Crippen LogP contribution in [-0.2, 0) is 9.59 Å². The smallest absolute Gasteiger partial charge is 0.309 e. The Balaban J connectivity index is 1.83. The number of carboxylic acid groups (broad SMARTS) is 1. The van der Waals surface area contributed by atoms with Crippen LogP contribution in [0.15, 0.2) is 4.79 Å². The van der Waals surface area contributed by atoms with E-state index >= 15 is 0 Å². The number of anilines is 1. The minimum Gasteiger partial charge on any atom is -0.481 e. The molecule has 3 rings (SSSR count). The van der Waals surface area contributed by atoms with E-state index in [0.29, 0.717) is 37.6 Å². The number of carbonyl (C=O) groups is 2. The van der Waals surface area contributed by atoms with Gasteiger partial charge >= 0.3 is 5.97 Å². The minimum atomic E-state index is -0.958. The molecule has 2 saturated heterocycles. The van der Waals surface area contributed by atoms with Gasteiger partial charge in [-0.15, -0.1) is 0 Å². The molecule has 1 atom stereocenters. The van der Waals surface area contributed by atoms with Crippen LogP contribution in [0.2, 0.25) is 5.02 Å². The number of carbonyl (C=O) groups excluding carboxylic acids is 1. The molecule has 1 spiro atoms. The Hall–Kier alpha value is -2.09. The van der Waals surface area contributed by atoms with Crippen LogP contribution in [-0.4, -0.2) is 45.6 Å². The predicted octanol–water partition coefficient (Wildman–Crippen LogP) is 0.291. The van der Waals surface area contributed by atoms with Gasteiger partial charge < -0.3 is 20.3 Å². The molecule has 1 aromatic heterocycles. The van der Waals surface area contributed by atoms with Gasteiger partial charge in [0.1, 0.15) is 10.8 Å². The summed E-state index contributed by atoms with van der Waals surface area (Å²) < 4.78 is 0. The first-order valence-corrected chi connectivity index (χ1v) is 7.75. The van der Waals surface area contributed by atoms with Crippen molar-refractivity contribution in [3.63, 3.8) is 0 Å². The van der Waals surface area contributed by atoms with Crippen molar-refractivity contribution >= 4 is 29.3 Å². The third-order valence-corrected chi connectivity index (χ3v) is 5.00. The van der Waals surface area contributed by atoms with Gasteiger partial charge in [0.25, 0.3) is 5.56 Å². The average Bonchev–Trinajstić information content (AvgIpc) is 2.80. The van der Waals surface area contributed by atoms with Gasteiger partial charge in [-0.05, 0) is 19.8 Å². The molecule has 23 heavy (non-hydrogen) atoms. The lowest BCUT2D eigenvalue weighted by Crippen LogP contribution is -2.56. The summed E-state index contributed by atoms with van der Waals surface area (Å²) in [6.07, 6.45) is 0.956. The number of H-pyrrole nitrogens is 1. The van der Waals surface area contributed by atoms with Gasteiger partial charge in [-0.1, -0.05) is 11.6 Å². The maximum Gasteiger partial charge on any atom is 0.309 e. The predicted molar refractivity (Wildman–Crippen MR) is 82.7 cm³/mol. The molecule has 8 nitrogen and oxygen atoms in total. The summed E-state index contributed by atoms with van der Waals surface area (Å²) in [5.74, 6) is -1.04. The second-order valence-electron chi connectivity index (χ2n) is 6.08. The Bertz CT molecular complexity index is 724. The highest BCUT2D eigenvalue weighted by Gasteiger charge is 2.51. The van der Waals surface area contributed by atoms with Gasteiger partial charge in [0.05, 0.1) is 11.5 Å². The normalized spacial score (nSPS) is 23.1. The Morgan fingerprint density at radius 1 is 1.39 bits per heavy atom. The fourth-order valence-electron chi connectivity index (χ4n) is 3.48. The second kappa shape index (κ2) is 5.52. The number of piperidine rings is 1. The Kier molecular flexibility index (Phi) is 3.79. The number of nitrogens with zero attached hydrogens (tertiary/aromatic N) is 2. The van der Waals surface area contributed by atoms with Gasteiger partial charge in [-0.2, -0.15) is 0 Å². The largest absolute Gasteiger partial charge is 0.481 e. The van der Waals surface area contributed by atoms with E-state index < -0.39 is 23.0 Å². The summed E-state index contributed by atoms with van der Waals surface area (Å²) in [6, 6.07) is 0. The number of aryl methyl sites for hydroxylation is 1. The molecular weight excluding hydrogens is 324 g/mol. The summed E-state index contributed by atoms with van der Waals surface area (Å²) in [4.78, 5) is 43.5. The SMILES string of the molecule is Cc1nc(N2CCC3(CC2)NC(=O)C[C@H]3C(=O)O)c(Cl)c(=O)[nH]1. The molecule has 0 aromatic carbocycles. The van der Waals surface area contributed by atoms with Crippen molar-refractivity contribution < 1.29 is 14.7 Å². The van der Waals surface area contributed by atoms with Crippen molar-refractivity contribution in [3.8, 4) is 0 Å². The lowest BCUT2D eigenvalue weighted by molar-refractivity contribution is -0.144. The van der Waals surface area contributed by atoms with Crippen molar-refractivity contribution in [2.75, 3.05) is 18.0 Å². The van der Waals surface area contributed by atoms with Crippen LogP contribution in [0, 0.1) is 12.8 Å². The highest BCUT2D eigenvalue weighted by atomic mass is 35.5. The Labute approximate surface area is 136 Å². The number of hydrogen-bond acceptors (Lipinski definition) is 5. The average molecular weight is 341 g/mol. The molecule has 1 amide bonds. The van der Waals surface area contributed by atoms with Crippen LogP contribution in [0.5, 0.6) is 0 Å². The van der Waals surface area contributed by atoms with E-state index in [4.69, 9.17) is 11.6 Å². The molecule has 0 aliphatic carbocycles. The molecule has 0 bridgehead atoms. The molecular formula is C14H17ClN4O4. The molecule has 3 heterocycles. The van der Waals surface area contributed by atoms with Crippen molar-refractivity contribution in [1.29, 1.82) is 0 Å². The number of aliphatic carboxylic acids is 1. The third kappa shape index (κ3) is 2.67. The number of halogens is 1. The van der Waals surface area contributed by atoms with E-state index in [1.807, 2.05) is 4.90 Å². The van der Waals surface area contributed by atoms with Crippen molar-refractivity contribution in [3.05, 3.63) is 21.2 Å². The first-order chi connectivity index (χ1) is 10.8. The molecule has 2 fully saturated rings. The first kappa shape index (κ1) is 15.8. The number of hydrogen-bond donors (Lipinski definition) is 3. The summed E-state index contributed by atoms with van der Waals surface area (Å²) in [6.45, 7) is 2.61. The van der Waals surface area contributed by atoms with E-state index in [-0.39, 0.29) is 17.4 Å². The summed E-state index contributed by atoms with van der Waals surface area (Å²) in [5.41, 5.74) is -1.12. The van der Waals surface area contributed by atoms with Gasteiger partial charge in [0.15, 0.2) is 5.82 Å². The fraction of sp³-hybridized carbons (Fsp3) is 0.571. The lowest BCUT2D eigenvalue weighted by atomic mass is 9.78. The standard InChI is InChI=1S/C14H17ClN4O4/c1-7-16-11(10(15)12(21)17-7)19-4-2-14(3-5-19)8(13(22)23)6-9(20)18-14/h8H,2-6H2,1H3,(H,18,20)(H,22,23)(H,16,17,21)/t8-/m0/s1. The molecule has 0 radical (unpaired) electrons. The highest BCUT2D eigenvalue weighted by molar-refractivity contribution is 6.32. The van der Waals surface area contributed by atoms with Crippen LogP contribution in [0.3, 0.4) is 0 Å². The Morgan fingerprint density at radius 2 is 2.04 bits per heavy atom. The van der Waals surface area contributed by atoms with E-state index in [1.54, 1.807) is 6.92 Å². The monoisotopic (exact) mass is 340 g/mol. The van der Waals surface area contributed by atoms with Crippen LogP contribution in [0.25, 0.3) is 0 Å². The topological polar surface area (TPSA) is 115 Å². The maximum atomic E-state index is 11.7. The summed E-state index contributed by atoms with van der Waals surface area (Å²) in [5, 5.41) is 12.2. The number of amides is 1. The molecule has 0 saturated carbocycles. The van der Waals surface area contributed by atoms with Gasteiger partial charge in [0.2, 0.25) is 5.91 Å². The molecule has 0 unspecified atom stereocenters. The van der Waals surface area contributed by atoms with Gasteiger partial charge in [0, 0.05) is 19.5 Å². The highest BCUT2D eigenvalue weighted by Crippen LogP contribution is 2.38. The molecule has 1 aromatic rings. The van der Waals surface area contributed by atoms with Crippen molar-refractivity contribution in [2.45, 2.75) is 31.7 Å². The van der Waals surface area contributed by atoms with Gasteiger partial charge in [-0.25, -0.2) is 4.98 Å². The first-order valence-electron chi connectivity index (χ1n) is 7.37. The van der Waals surface area contributed by atoms with E-state index in [1.165, 1.54) is 0 Å². The maximum absolute atomic E-state index is 11.7. The zero-order chi connectivity index (χ0) is 16.8. The Morgan fingerprint density at radius 3 is 2.65 bits per heavy atom. The molecule has 9 heteroatoms. The van der Waals surface area contributed by atoms with Crippen LogP contribution in [0.1, 0.15) is 25.1 Å². The van der Waals surface area contributed by atoms with E-state index in [0.717, 1.165) is 0 Å². The number of aromatic amines is 1. The summed E-state index contributed by atoms with van der Waals surface area (Å²) >= 11 is 6.04. The number of rotatable bonds is 2. The fourth-order valence-corrected chi connectivity index (χ4v) is 3.69. The molecule has 2 aliphatic heterocycles. The lowest BCUT2D eigenvalue weighted by Gasteiger charge is -2.42. The molecule has 2 aliphatic rings. The summed E-state index contributed by atoms with van der Waals surface area (Å²) in [7, 11) is 0. The van der Waals surface area contributed by atoms with Crippen molar-refractivity contribution in [1.82, 2.24) is 15.3 Å². The zero-order valence-electron chi connectivity index (χ0n) is 12.6. The third-order valence-electron chi connectivity index (χ3n) is 4.66. The van der Waals surface area contributed by atoms with Crippen molar-refractivity contribution in [2.24, 2.45) is 5.92 Å².